The molecule has 0 unspecified atom stereocenters. The van der Waals surface area contributed by atoms with Gasteiger partial charge in [0.05, 0.1) is 12.7 Å². The van der Waals surface area contributed by atoms with E-state index in [9.17, 15) is 4.79 Å². The molecule has 6 heteroatoms. The molecule has 0 radical (unpaired) electrons. The molecular formula is C15H19BrClNO3. The fourth-order valence-electron chi connectivity index (χ4n) is 2.28. The first-order chi connectivity index (χ1) is 10.2. The van der Waals surface area contributed by atoms with Crippen LogP contribution in [0.4, 0.5) is 0 Å². The second kappa shape index (κ2) is 8.61. The van der Waals surface area contributed by atoms with Gasteiger partial charge in [0.25, 0.3) is 5.91 Å². The summed E-state index contributed by atoms with van der Waals surface area (Å²) in [5.74, 6) is 0.625. The van der Waals surface area contributed by atoms with Crippen molar-refractivity contribution in [1.82, 2.24) is 4.90 Å². The number of rotatable bonds is 6. The Hall–Kier alpha value is -0.780. The number of benzene rings is 1. The molecule has 0 saturated carbocycles. The zero-order valence-electron chi connectivity index (χ0n) is 11.8. The number of alkyl halides is 1. The maximum Gasteiger partial charge on any atom is 0.260 e. The molecule has 1 heterocycles. The Morgan fingerprint density at radius 3 is 2.81 bits per heavy atom. The first-order valence-corrected chi connectivity index (χ1v) is 8.52. The molecule has 116 valence electrons. The van der Waals surface area contributed by atoms with Gasteiger partial charge < -0.3 is 14.4 Å². The molecule has 1 aromatic carbocycles. The first-order valence-electron chi connectivity index (χ1n) is 7.03. The highest BCUT2D eigenvalue weighted by molar-refractivity contribution is 9.09. The lowest BCUT2D eigenvalue weighted by Crippen LogP contribution is -2.43. The van der Waals surface area contributed by atoms with Gasteiger partial charge in [-0.15, -0.1) is 0 Å². The first kappa shape index (κ1) is 16.6. The monoisotopic (exact) mass is 375 g/mol. The Morgan fingerprint density at radius 2 is 2.14 bits per heavy atom. The van der Waals surface area contributed by atoms with Gasteiger partial charge in [0.2, 0.25) is 0 Å². The van der Waals surface area contributed by atoms with Crippen LogP contribution in [0.3, 0.4) is 0 Å². The van der Waals surface area contributed by atoms with Crippen molar-refractivity contribution in [3.8, 4) is 5.75 Å². The third-order valence-corrected chi connectivity index (χ3v) is 3.94. The van der Waals surface area contributed by atoms with Crippen LogP contribution in [-0.2, 0) is 9.53 Å². The number of ether oxygens (including phenoxy) is 2. The fraction of sp³-hybridized carbons (Fsp3) is 0.533. The maximum atomic E-state index is 12.1. The Morgan fingerprint density at radius 1 is 1.38 bits per heavy atom. The lowest BCUT2D eigenvalue weighted by Gasteiger charge is -2.31. The average Bonchev–Trinajstić information content (AvgIpc) is 2.51. The van der Waals surface area contributed by atoms with Crippen molar-refractivity contribution >= 4 is 33.4 Å². The number of amides is 1. The smallest absolute Gasteiger partial charge is 0.260 e. The Bertz CT molecular complexity index is 464. The van der Waals surface area contributed by atoms with Crippen molar-refractivity contribution in [1.29, 1.82) is 0 Å². The quantitative estimate of drug-likeness (QED) is 0.716. The number of carbonyl (C=O) groups is 1. The molecule has 0 bridgehead atoms. The molecule has 0 aliphatic carbocycles. The van der Waals surface area contributed by atoms with Crippen molar-refractivity contribution in [2.45, 2.75) is 18.9 Å². The van der Waals surface area contributed by atoms with E-state index in [0.717, 1.165) is 37.9 Å². The molecule has 4 nitrogen and oxygen atoms in total. The van der Waals surface area contributed by atoms with Gasteiger partial charge in [0.1, 0.15) is 5.75 Å². The summed E-state index contributed by atoms with van der Waals surface area (Å²) < 4.78 is 11.2. The summed E-state index contributed by atoms with van der Waals surface area (Å²) >= 11 is 9.22. The van der Waals surface area contributed by atoms with Gasteiger partial charge in [-0.3, -0.25) is 4.79 Å². The van der Waals surface area contributed by atoms with Crippen molar-refractivity contribution in [3.05, 3.63) is 29.3 Å². The fourth-order valence-corrected chi connectivity index (χ4v) is 2.64. The summed E-state index contributed by atoms with van der Waals surface area (Å²) in [5, 5.41) is 1.45. The Labute approximate surface area is 138 Å². The van der Waals surface area contributed by atoms with Crippen molar-refractivity contribution in [2.75, 3.05) is 31.6 Å². The minimum absolute atomic E-state index is 0.00826. The van der Waals surface area contributed by atoms with E-state index in [1.165, 1.54) is 0 Å². The van der Waals surface area contributed by atoms with E-state index >= 15 is 0 Å². The number of likely N-dealkylation sites (tertiary alicyclic amines) is 1. The molecule has 0 spiro atoms. The van der Waals surface area contributed by atoms with Crippen LogP contribution in [0, 0.1) is 0 Å². The molecular weight excluding hydrogens is 358 g/mol. The van der Waals surface area contributed by atoms with E-state index in [2.05, 4.69) is 15.9 Å². The molecule has 1 amide bonds. The van der Waals surface area contributed by atoms with Gasteiger partial charge in [-0.2, -0.15) is 0 Å². The van der Waals surface area contributed by atoms with E-state index in [0.29, 0.717) is 10.8 Å². The molecule has 1 fully saturated rings. The largest absolute Gasteiger partial charge is 0.484 e. The molecule has 1 aliphatic rings. The highest BCUT2D eigenvalue weighted by Gasteiger charge is 2.23. The third kappa shape index (κ3) is 5.49. The maximum absolute atomic E-state index is 12.1. The van der Waals surface area contributed by atoms with Crippen LogP contribution in [0.15, 0.2) is 24.3 Å². The standard InChI is InChI=1S/C15H19BrClNO3/c16-6-9-20-13-4-7-18(8-5-13)15(19)11-21-14-3-1-2-12(17)10-14/h1-3,10,13H,4-9,11H2. The van der Waals surface area contributed by atoms with Gasteiger partial charge in [-0.1, -0.05) is 33.6 Å². The summed E-state index contributed by atoms with van der Waals surface area (Å²) in [5.41, 5.74) is 0. The second-order valence-electron chi connectivity index (χ2n) is 4.89. The molecule has 0 aromatic heterocycles. The van der Waals surface area contributed by atoms with E-state index in [-0.39, 0.29) is 18.6 Å². The molecule has 0 N–H and O–H groups in total. The van der Waals surface area contributed by atoms with E-state index in [1.807, 2.05) is 4.90 Å². The molecule has 1 aliphatic heterocycles. The van der Waals surface area contributed by atoms with Gasteiger partial charge in [0.15, 0.2) is 6.61 Å². The zero-order valence-corrected chi connectivity index (χ0v) is 14.1. The predicted molar refractivity (Wildman–Crippen MR) is 86.3 cm³/mol. The average molecular weight is 377 g/mol. The summed E-state index contributed by atoms with van der Waals surface area (Å²) in [6, 6.07) is 7.07. The summed E-state index contributed by atoms with van der Waals surface area (Å²) in [6.45, 7) is 2.22. The molecule has 1 saturated heterocycles. The molecule has 1 aromatic rings. The Balaban J connectivity index is 1.72. The van der Waals surface area contributed by atoms with E-state index in [1.54, 1.807) is 24.3 Å². The van der Waals surface area contributed by atoms with Crippen LogP contribution in [-0.4, -0.2) is 48.5 Å². The number of hydrogen-bond donors (Lipinski definition) is 0. The SMILES string of the molecule is O=C(COc1cccc(Cl)c1)N1CCC(OCCBr)CC1. The lowest BCUT2D eigenvalue weighted by atomic mass is 10.1. The number of halogens is 2. The number of piperidine rings is 1. The zero-order chi connectivity index (χ0) is 15.1. The van der Waals surface area contributed by atoms with E-state index in [4.69, 9.17) is 21.1 Å². The van der Waals surface area contributed by atoms with Crippen LogP contribution < -0.4 is 4.74 Å². The topological polar surface area (TPSA) is 38.8 Å². The summed E-state index contributed by atoms with van der Waals surface area (Å²) in [6.07, 6.45) is 2.03. The molecule has 0 atom stereocenters. The van der Waals surface area contributed by atoms with Gasteiger partial charge in [-0.25, -0.2) is 0 Å². The minimum atomic E-state index is 0.00826. The van der Waals surface area contributed by atoms with Gasteiger partial charge in [-0.05, 0) is 31.0 Å². The summed E-state index contributed by atoms with van der Waals surface area (Å²) in [7, 11) is 0. The Kier molecular flexibility index (Phi) is 6.80. The second-order valence-corrected chi connectivity index (χ2v) is 6.12. The van der Waals surface area contributed by atoms with Crippen LogP contribution >= 0.6 is 27.5 Å². The van der Waals surface area contributed by atoms with Crippen LogP contribution in [0.5, 0.6) is 5.75 Å². The van der Waals surface area contributed by atoms with Crippen LogP contribution in [0.2, 0.25) is 5.02 Å². The highest BCUT2D eigenvalue weighted by atomic mass is 79.9. The number of nitrogens with zero attached hydrogens (tertiary/aromatic N) is 1. The van der Waals surface area contributed by atoms with Crippen LogP contribution in [0.25, 0.3) is 0 Å². The molecule has 21 heavy (non-hydrogen) atoms. The van der Waals surface area contributed by atoms with Gasteiger partial charge >= 0.3 is 0 Å². The molecule has 2 rings (SSSR count). The lowest BCUT2D eigenvalue weighted by molar-refractivity contribution is -0.135. The highest BCUT2D eigenvalue weighted by Crippen LogP contribution is 2.18. The van der Waals surface area contributed by atoms with Crippen molar-refractivity contribution in [2.24, 2.45) is 0 Å². The normalized spacial score (nSPS) is 16.0. The third-order valence-electron chi connectivity index (χ3n) is 3.38. The summed E-state index contributed by atoms with van der Waals surface area (Å²) in [4.78, 5) is 13.9. The number of hydrogen-bond acceptors (Lipinski definition) is 3. The van der Waals surface area contributed by atoms with E-state index < -0.39 is 0 Å². The van der Waals surface area contributed by atoms with Crippen molar-refractivity contribution in [3.63, 3.8) is 0 Å². The van der Waals surface area contributed by atoms with Crippen LogP contribution in [0.1, 0.15) is 12.8 Å². The van der Waals surface area contributed by atoms with Crippen molar-refractivity contribution < 1.29 is 14.3 Å². The van der Waals surface area contributed by atoms with Gasteiger partial charge in [0, 0.05) is 23.4 Å². The number of carbonyl (C=O) groups excluding carboxylic acids is 1. The minimum Gasteiger partial charge on any atom is -0.484 e. The predicted octanol–water partition coefficient (Wildman–Crippen LogP) is 3.12.